The van der Waals surface area contributed by atoms with E-state index < -0.39 is 18.4 Å². The molecule has 0 aromatic carbocycles. The second kappa shape index (κ2) is 4.57. The van der Waals surface area contributed by atoms with Gasteiger partial charge in [0.1, 0.15) is 23.4 Å². The molecule has 1 fully saturated rings. The van der Waals surface area contributed by atoms with Gasteiger partial charge in [0, 0.05) is 6.42 Å². The van der Waals surface area contributed by atoms with E-state index in [9.17, 15) is 5.11 Å². The molecule has 2 aromatic heterocycles. The van der Waals surface area contributed by atoms with E-state index in [2.05, 4.69) is 15.2 Å². The van der Waals surface area contributed by atoms with Crippen LogP contribution in [0.3, 0.4) is 0 Å². The summed E-state index contributed by atoms with van der Waals surface area (Å²) in [5.41, 5.74) is 6.62. The number of aliphatic hydroxyl groups is 2. The first kappa shape index (κ1) is 12.5. The summed E-state index contributed by atoms with van der Waals surface area (Å²) in [7, 11) is 0. The van der Waals surface area contributed by atoms with Crippen molar-refractivity contribution >= 4 is 28.5 Å². The fraction of sp³-hybridized carbons (Fsp3) is 0.500. The number of anilines is 1. The summed E-state index contributed by atoms with van der Waals surface area (Å²) in [5.74, 6) is 0.176. The smallest absolute Gasteiger partial charge is 0.177 e. The number of nitrogens with zero attached hydrogens (tertiary/aromatic N) is 4. The average Bonchev–Trinajstić information content (AvgIpc) is 2.97. The number of hydrogen-bond donors (Lipinski definition) is 3. The average molecular weight is 286 g/mol. The molecular weight excluding hydrogens is 274 g/mol. The normalized spacial score (nSPS) is 27.2. The number of nitrogens with two attached hydrogens (primary N) is 1. The van der Waals surface area contributed by atoms with Crippen LogP contribution in [-0.2, 0) is 4.74 Å². The lowest BCUT2D eigenvalue weighted by Gasteiger charge is -2.14. The maximum absolute atomic E-state index is 9.75. The summed E-state index contributed by atoms with van der Waals surface area (Å²) in [6, 6.07) is 0. The van der Waals surface area contributed by atoms with Gasteiger partial charge in [-0.25, -0.2) is 4.98 Å². The van der Waals surface area contributed by atoms with E-state index in [1.807, 2.05) is 0 Å². The number of nitrogen functional groups attached to an aromatic ring is 1. The quantitative estimate of drug-likeness (QED) is 0.693. The van der Waals surface area contributed by atoms with Crippen molar-refractivity contribution in [3.8, 4) is 0 Å². The number of aromatic nitrogens is 4. The van der Waals surface area contributed by atoms with E-state index >= 15 is 0 Å². The Morgan fingerprint density at radius 3 is 3.00 bits per heavy atom. The van der Waals surface area contributed by atoms with E-state index in [1.165, 1.54) is 6.33 Å². The van der Waals surface area contributed by atoms with Gasteiger partial charge in [-0.3, -0.25) is 0 Å². The fourth-order valence-electron chi connectivity index (χ4n) is 2.21. The number of ether oxygens (including phenoxy) is 1. The molecule has 3 atom stereocenters. The van der Waals surface area contributed by atoms with Gasteiger partial charge in [0.2, 0.25) is 0 Å². The second-order valence-electron chi connectivity index (χ2n) is 4.34. The molecule has 1 aliphatic heterocycles. The molecule has 0 aliphatic carbocycles. The highest BCUT2D eigenvalue weighted by Gasteiger charge is 2.35. The Morgan fingerprint density at radius 1 is 1.53 bits per heavy atom. The number of imidazole rings is 1. The van der Waals surface area contributed by atoms with Crippen LogP contribution >= 0.6 is 11.6 Å². The zero-order chi connectivity index (χ0) is 13.6. The molecule has 0 bridgehead atoms. The lowest BCUT2D eigenvalue weighted by atomic mass is 10.2. The Hall–Kier alpha value is -1.48. The molecule has 0 spiro atoms. The van der Waals surface area contributed by atoms with Gasteiger partial charge in [-0.1, -0.05) is 11.6 Å². The minimum atomic E-state index is -0.738. The molecule has 4 N–H and O–H groups in total. The molecule has 0 radical (unpaired) electrons. The van der Waals surface area contributed by atoms with Gasteiger partial charge in [0.15, 0.2) is 11.0 Å². The van der Waals surface area contributed by atoms with Gasteiger partial charge < -0.3 is 25.3 Å². The van der Waals surface area contributed by atoms with E-state index in [-0.39, 0.29) is 17.6 Å². The molecule has 3 heterocycles. The zero-order valence-electron chi connectivity index (χ0n) is 9.77. The van der Waals surface area contributed by atoms with Crippen LogP contribution in [0.2, 0.25) is 5.15 Å². The van der Waals surface area contributed by atoms with E-state index in [0.29, 0.717) is 17.5 Å². The van der Waals surface area contributed by atoms with Gasteiger partial charge in [0.05, 0.1) is 19.0 Å². The standard InChI is InChI=1S/C10H12ClN5O3/c11-9-8-7(10(12)15-14-9)13-3-16(8)6-1-4(18)5(2-17)19-6/h3-6,17-18H,1-2H2,(H2,12,15)/t4-,5+,6-/m0/s1. The largest absolute Gasteiger partial charge is 0.394 e. The number of hydrogen-bond acceptors (Lipinski definition) is 7. The summed E-state index contributed by atoms with van der Waals surface area (Å²) in [4.78, 5) is 4.13. The summed E-state index contributed by atoms with van der Waals surface area (Å²) in [6.07, 6.45) is 0.00725. The minimum absolute atomic E-state index is 0.159. The lowest BCUT2D eigenvalue weighted by Crippen LogP contribution is -2.24. The molecule has 8 nitrogen and oxygen atoms in total. The molecule has 2 aromatic rings. The van der Waals surface area contributed by atoms with Gasteiger partial charge in [0.25, 0.3) is 0 Å². The Kier molecular flexibility index (Phi) is 3.02. The van der Waals surface area contributed by atoms with E-state index in [4.69, 9.17) is 27.2 Å². The number of aliphatic hydroxyl groups excluding tert-OH is 2. The Bertz CT molecular complexity index is 618. The van der Waals surface area contributed by atoms with Crippen molar-refractivity contribution in [2.24, 2.45) is 0 Å². The third-order valence-corrected chi connectivity index (χ3v) is 3.43. The maximum atomic E-state index is 9.75. The van der Waals surface area contributed by atoms with Gasteiger partial charge in [-0.05, 0) is 0 Å². The van der Waals surface area contributed by atoms with E-state index in [0.717, 1.165) is 0 Å². The summed E-state index contributed by atoms with van der Waals surface area (Å²) in [5, 5.41) is 26.4. The Morgan fingerprint density at radius 2 is 2.32 bits per heavy atom. The molecule has 0 saturated carbocycles. The van der Waals surface area contributed by atoms with Gasteiger partial charge in [-0.2, -0.15) is 0 Å². The third kappa shape index (κ3) is 1.93. The first-order valence-corrected chi connectivity index (χ1v) is 6.08. The Labute approximate surface area is 112 Å². The van der Waals surface area contributed by atoms with Crippen LogP contribution in [-0.4, -0.2) is 48.8 Å². The van der Waals surface area contributed by atoms with Crippen molar-refractivity contribution in [2.75, 3.05) is 12.3 Å². The Balaban J connectivity index is 2.05. The van der Waals surface area contributed by atoms with Crippen LogP contribution < -0.4 is 5.73 Å². The van der Waals surface area contributed by atoms with Crippen molar-refractivity contribution < 1.29 is 14.9 Å². The van der Waals surface area contributed by atoms with Crippen LogP contribution in [0.25, 0.3) is 11.0 Å². The number of rotatable bonds is 2. The predicted molar refractivity (Wildman–Crippen MR) is 66.4 cm³/mol. The van der Waals surface area contributed by atoms with E-state index in [1.54, 1.807) is 4.57 Å². The molecule has 9 heteroatoms. The molecule has 3 rings (SSSR count). The topological polar surface area (TPSA) is 119 Å². The first-order valence-electron chi connectivity index (χ1n) is 5.70. The molecule has 19 heavy (non-hydrogen) atoms. The highest BCUT2D eigenvalue weighted by molar-refractivity contribution is 6.33. The SMILES string of the molecule is Nc1nnc(Cl)c2c1ncn2[C@@H]1C[C@H](O)[C@@H](CO)O1. The van der Waals surface area contributed by atoms with Crippen LogP contribution in [0, 0.1) is 0 Å². The zero-order valence-corrected chi connectivity index (χ0v) is 10.5. The predicted octanol–water partition coefficient (Wildman–Crippen LogP) is -0.297. The summed E-state index contributed by atoms with van der Waals surface area (Å²) < 4.78 is 7.19. The molecule has 102 valence electrons. The monoisotopic (exact) mass is 285 g/mol. The summed E-state index contributed by atoms with van der Waals surface area (Å²) in [6.45, 7) is -0.250. The fourth-order valence-corrected chi connectivity index (χ4v) is 2.44. The van der Waals surface area contributed by atoms with Crippen molar-refractivity contribution in [1.82, 2.24) is 19.7 Å². The molecule has 1 aliphatic rings. The highest BCUT2D eigenvalue weighted by Crippen LogP contribution is 2.33. The van der Waals surface area contributed by atoms with Crippen molar-refractivity contribution in [1.29, 1.82) is 0 Å². The van der Waals surface area contributed by atoms with Crippen LogP contribution in [0.5, 0.6) is 0 Å². The maximum Gasteiger partial charge on any atom is 0.177 e. The minimum Gasteiger partial charge on any atom is -0.394 e. The molecule has 1 saturated heterocycles. The first-order chi connectivity index (χ1) is 9.11. The molecule has 0 unspecified atom stereocenters. The van der Waals surface area contributed by atoms with Crippen LogP contribution in [0.1, 0.15) is 12.6 Å². The highest BCUT2D eigenvalue weighted by atomic mass is 35.5. The number of fused-ring (bicyclic) bond motifs is 1. The third-order valence-electron chi connectivity index (χ3n) is 3.17. The van der Waals surface area contributed by atoms with Gasteiger partial charge >= 0.3 is 0 Å². The molecular formula is C10H12ClN5O3. The van der Waals surface area contributed by atoms with Crippen LogP contribution in [0.4, 0.5) is 5.82 Å². The van der Waals surface area contributed by atoms with Crippen molar-refractivity contribution in [3.05, 3.63) is 11.5 Å². The summed E-state index contributed by atoms with van der Waals surface area (Å²) >= 11 is 6.00. The number of halogens is 1. The van der Waals surface area contributed by atoms with Crippen LogP contribution in [0.15, 0.2) is 6.33 Å². The second-order valence-corrected chi connectivity index (χ2v) is 4.70. The van der Waals surface area contributed by atoms with Gasteiger partial charge in [-0.15, -0.1) is 10.2 Å². The van der Waals surface area contributed by atoms with Crippen molar-refractivity contribution in [2.45, 2.75) is 24.9 Å². The van der Waals surface area contributed by atoms with Crippen molar-refractivity contribution in [3.63, 3.8) is 0 Å². The molecule has 0 amide bonds. The lowest BCUT2D eigenvalue weighted by molar-refractivity contribution is -0.0430.